The van der Waals surface area contributed by atoms with Gasteiger partial charge in [-0.15, -0.1) is 23.7 Å². The van der Waals surface area contributed by atoms with Crippen LogP contribution >= 0.6 is 23.7 Å². The van der Waals surface area contributed by atoms with Crippen molar-refractivity contribution in [2.24, 2.45) is 5.73 Å². The third kappa shape index (κ3) is 4.26. The molecule has 0 amide bonds. The van der Waals surface area contributed by atoms with E-state index >= 15 is 0 Å². The first-order valence-corrected chi connectivity index (χ1v) is 4.59. The van der Waals surface area contributed by atoms with Gasteiger partial charge in [-0.1, -0.05) is 6.07 Å². The smallest absolute Gasteiger partial charge is 0.303 e. The number of halogens is 1. The highest BCUT2D eigenvalue weighted by atomic mass is 35.5. The van der Waals surface area contributed by atoms with Crippen molar-refractivity contribution >= 4 is 29.7 Å². The summed E-state index contributed by atoms with van der Waals surface area (Å²) in [6, 6.07) is 3.72. The van der Waals surface area contributed by atoms with Gasteiger partial charge in [-0.05, 0) is 17.9 Å². The van der Waals surface area contributed by atoms with Gasteiger partial charge in [-0.25, -0.2) is 0 Å². The van der Waals surface area contributed by atoms with Crippen molar-refractivity contribution in [3.8, 4) is 0 Å². The van der Waals surface area contributed by atoms with Crippen LogP contribution in [0.3, 0.4) is 0 Å². The number of hydrogen-bond donors (Lipinski definition) is 2. The van der Waals surface area contributed by atoms with Gasteiger partial charge < -0.3 is 10.8 Å². The fraction of sp³-hybridized carbons (Fsp3) is 0.375. The number of carboxylic acids is 1. The Morgan fingerprint density at radius 1 is 1.69 bits per heavy atom. The van der Waals surface area contributed by atoms with E-state index < -0.39 is 5.97 Å². The minimum Gasteiger partial charge on any atom is -0.481 e. The van der Waals surface area contributed by atoms with Crippen LogP contribution in [0.5, 0.6) is 0 Å². The molecule has 0 saturated heterocycles. The third-order valence-corrected chi connectivity index (χ3v) is 2.58. The molecule has 1 rings (SSSR count). The van der Waals surface area contributed by atoms with E-state index in [1.54, 1.807) is 11.3 Å². The summed E-state index contributed by atoms with van der Waals surface area (Å²) in [5.74, 6) is -0.790. The highest BCUT2D eigenvalue weighted by Gasteiger charge is 2.08. The van der Waals surface area contributed by atoms with Crippen molar-refractivity contribution in [3.63, 3.8) is 0 Å². The Bertz CT molecular complexity index is 251. The lowest BCUT2D eigenvalue weighted by molar-refractivity contribution is -0.137. The van der Waals surface area contributed by atoms with Crippen LogP contribution in [0.2, 0.25) is 0 Å². The first-order valence-electron chi connectivity index (χ1n) is 3.71. The molecule has 74 valence electrons. The zero-order valence-corrected chi connectivity index (χ0v) is 8.61. The monoisotopic (exact) mass is 221 g/mol. The fourth-order valence-electron chi connectivity index (χ4n) is 0.923. The number of aliphatic carboxylic acids is 1. The number of thiophene rings is 1. The van der Waals surface area contributed by atoms with E-state index in [2.05, 4.69) is 0 Å². The molecule has 1 heterocycles. The standard InChI is InChI=1S/C8H11NO2S.ClH/c9-6(3-4-8(10)11)7-2-1-5-12-7;/h1-2,5-6H,3-4,9H2,(H,10,11);1H. The van der Waals surface area contributed by atoms with Gasteiger partial charge in [0, 0.05) is 17.3 Å². The molecule has 0 bridgehead atoms. The molecule has 0 spiro atoms. The van der Waals surface area contributed by atoms with E-state index in [4.69, 9.17) is 10.8 Å². The summed E-state index contributed by atoms with van der Waals surface area (Å²) in [7, 11) is 0. The number of rotatable bonds is 4. The van der Waals surface area contributed by atoms with Crippen LogP contribution in [0.15, 0.2) is 17.5 Å². The maximum absolute atomic E-state index is 10.2. The van der Waals surface area contributed by atoms with Crippen LogP contribution in [0.1, 0.15) is 23.8 Å². The predicted octanol–water partition coefficient (Wildman–Crippen LogP) is 2.03. The average molecular weight is 222 g/mol. The zero-order chi connectivity index (χ0) is 8.97. The van der Waals surface area contributed by atoms with Crippen molar-refractivity contribution in [2.45, 2.75) is 18.9 Å². The van der Waals surface area contributed by atoms with Crippen molar-refractivity contribution in [1.82, 2.24) is 0 Å². The molecule has 1 unspecified atom stereocenters. The highest BCUT2D eigenvalue weighted by molar-refractivity contribution is 7.10. The Morgan fingerprint density at radius 2 is 2.38 bits per heavy atom. The summed E-state index contributed by atoms with van der Waals surface area (Å²) < 4.78 is 0. The largest absolute Gasteiger partial charge is 0.481 e. The van der Waals surface area contributed by atoms with E-state index in [9.17, 15) is 4.79 Å². The third-order valence-electron chi connectivity index (χ3n) is 1.58. The van der Waals surface area contributed by atoms with E-state index in [-0.39, 0.29) is 24.9 Å². The van der Waals surface area contributed by atoms with E-state index in [0.717, 1.165) is 4.88 Å². The molecule has 0 aliphatic rings. The van der Waals surface area contributed by atoms with E-state index in [1.807, 2.05) is 17.5 Å². The Hall–Kier alpha value is -0.580. The van der Waals surface area contributed by atoms with Gasteiger partial charge in [0.2, 0.25) is 0 Å². The maximum Gasteiger partial charge on any atom is 0.303 e. The van der Waals surface area contributed by atoms with Crippen LogP contribution < -0.4 is 5.73 Å². The summed E-state index contributed by atoms with van der Waals surface area (Å²) in [5, 5.41) is 10.3. The normalized spacial score (nSPS) is 11.8. The second-order valence-electron chi connectivity index (χ2n) is 2.55. The molecule has 0 aromatic carbocycles. The number of carboxylic acid groups (broad SMARTS) is 1. The SMILES string of the molecule is Cl.NC(CCC(=O)O)c1cccs1. The summed E-state index contributed by atoms with van der Waals surface area (Å²) in [4.78, 5) is 11.3. The minimum absolute atomic E-state index is 0. The Morgan fingerprint density at radius 3 is 2.85 bits per heavy atom. The maximum atomic E-state index is 10.2. The fourth-order valence-corrected chi connectivity index (χ4v) is 1.69. The lowest BCUT2D eigenvalue weighted by Crippen LogP contribution is -2.10. The van der Waals surface area contributed by atoms with Crippen molar-refractivity contribution in [1.29, 1.82) is 0 Å². The number of nitrogens with two attached hydrogens (primary N) is 1. The molecule has 13 heavy (non-hydrogen) atoms. The molecule has 3 nitrogen and oxygen atoms in total. The summed E-state index contributed by atoms with van der Waals surface area (Å²) in [5.41, 5.74) is 5.73. The second-order valence-corrected chi connectivity index (χ2v) is 3.53. The molecule has 3 N–H and O–H groups in total. The molecule has 1 aromatic rings. The minimum atomic E-state index is -0.790. The molecule has 0 aliphatic heterocycles. The quantitative estimate of drug-likeness (QED) is 0.818. The van der Waals surface area contributed by atoms with E-state index in [1.165, 1.54) is 0 Å². The topological polar surface area (TPSA) is 63.3 Å². The van der Waals surface area contributed by atoms with Crippen molar-refractivity contribution in [3.05, 3.63) is 22.4 Å². The van der Waals surface area contributed by atoms with E-state index in [0.29, 0.717) is 6.42 Å². The first kappa shape index (κ1) is 12.4. The highest BCUT2D eigenvalue weighted by Crippen LogP contribution is 2.20. The van der Waals surface area contributed by atoms with Gasteiger partial charge >= 0.3 is 5.97 Å². The summed E-state index contributed by atoms with van der Waals surface area (Å²) in [6.45, 7) is 0. The van der Waals surface area contributed by atoms with Crippen LogP contribution in [0.4, 0.5) is 0 Å². The molecule has 1 aromatic heterocycles. The molecule has 1 atom stereocenters. The van der Waals surface area contributed by atoms with Gasteiger partial charge in [0.15, 0.2) is 0 Å². The van der Waals surface area contributed by atoms with Gasteiger partial charge in [0.1, 0.15) is 0 Å². The molecule has 0 fully saturated rings. The predicted molar refractivity (Wildman–Crippen MR) is 55.4 cm³/mol. The van der Waals surface area contributed by atoms with Gasteiger partial charge in [0.05, 0.1) is 0 Å². The molecular weight excluding hydrogens is 210 g/mol. The lowest BCUT2D eigenvalue weighted by Gasteiger charge is -2.06. The van der Waals surface area contributed by atoms with Gasteiger partial charge in [0.25, 0.3) is 0 Å². The average Bonchev–Trinajstić information content (AvgIpc) is 2.51. The van der Waals surface area contributed by atoms with Gasteiger partial charge in [-0.2, -0.15) is 0 Å². The van der Waals surface area contributed by atoms with Crippen molar-refractivity contribution in [2.75, 3.05) is 0 Å². The van der Waals surface area contributed by atoms with Gasteiger partial charge in [-0.3, -0.25) is 4.79 Å². The molecular formula is C8H12ClNO2S. The molecule has 0 saturated carbocycles. The van der Waals surface area contributed by atoms with Crippen molar-refractivity contribution < 1.29 is 9.90 Å². The van der Waals surface area contributed by atoms with Crippen LogP contribution in [-0.4, -0.2) is 11.1 Å². The van der Waals surface area contributed by atoms with Crippen LogP contribution in [0, 0.1) is 0 Å². The number of hydrogen-bond acceptors (Lipinski definition) is 3. The Balaban J connectivity index is 0.00000144. The second kappa shape index (κ2) is 5.96. The van der Waals surface area contributed by atoms with Crippen LogP contribution in [-0.2, 0) is 4.79 Å². The van der Waals surface area contributed by atoms with Crippen LogP contribution in [0.25, 0.3) is 0 Å². The Labute approximate surface area is 87.0 Å². The zero-order valence-electron chi connectivity index (χ0n) is 6.97. The molecule has 0 aliphatic carbocycles. The summed E-state index contributed by atoms with van der Waals surface area (Å²) >= 11 is 1.56. The summed E-state index contributed by atoms with van der Waals surface area (Å²) in [6.07, 6.45) is 0.648. The molecule has 5 heteroatoms. The lowest BCUT2D eigenvalue weighted by atomic mass is 10.1. The molecule has 0 radical (unpaired) electrons. The Kier molecular flexibility index (Phi) is 5.70. The first-order chi connectivity index (χ1) is 5.70. The number of carbonyl (C=O) groups is 1.